The Balaban J connectivity index is 1.20. The largest absolute Gasteiger partial charge is 0.491 e. The Bertz CT molecular complexity index is 1350. The third-order valence-electron chi connectivity index (χ3n) is 5.86. The van der Waals surface area contributed by atoms with Crippen LogP contribution in [0.5, 0.6) is 0 Å². The Morgan fingerprint density at radius 1 is 1.08 bits per heavy atom. The number of nitrogens with one attached hydrogen (secondary N) is 1. The van der Waals surface area contributed by atoms with Gasteiger partial charge in [0.2, 0.25) is 6.29 Å². The lowest BCUT2D eigenvalue weighted by Gasteiger charge is -2.32. The van der Waals surface area contributed by atoms with Crippen LogP contribution >= 0.6 is 0 Å². The molecule has 1 fully saturated rings. The highest BCUT2D eigenvalue weighted by Gasteiger charge is 2.43. The van der Waals surface area contributed by atoms with Gasteiger partial charge in [-0.1, -0.05) is 30.3 Å². The van der Waals surface area contributed by atoms with Crippen LogP contribution in [0.2, 0.25) is 0 Å². The number of rotatable bonds is 7. The van der Waals surface area contributed by atoms with E-state index in [1.807, 2.05) is 53.6 Å². The van der Waals surface area contributed by atoms with Crippen LogP contribution < -0.4 is 0 Å². The molecule has 12 heteroatoms. The Labute approximate surface area is 209 Å². The highest BCUT2D eigenvalue weighted by molar-refractivity contribution is 5.75. The van der Waals surface area contributed by atoms with Crippen molar-refractivity contribution in [1.82, 2.24) is 29.6 Å². The molecule has 3 aromatic heterocycles. The normalized spacial score (nSPS) is 16.6. The predicted octanol–water partition coefficient (Wildman–Crippen LogP) is 3.77. The van der Waals surface area contributed by atoms with E-state index in [9.17, 15) is 18.0 Å². The molecule has 1 unspecified atom stereocenters. The summed E-state index contributed by atoms with van der Waals surface area (Å²) < 4.78 is 48.6. The second kappa shape index (κ2) is 10.5. The molecule has 4 heterocycles. The maximum atomic E-state index is 12.4. The van der Waals surface area contributed by atoms with Crippen LogP contribution in [0.15, 0.2) is 67.3 Å². The molecule has 9 nitrogen and oxygen atoms in total. The zero-order valence-corrected chi connectivity index (χ0v) is 19.6. The molecule has 0 radical (unpaired) electrons. The van der Waals surface area contributed by atoms with Gasteiger partial charge in [0.15, 0.2) is 5.82 Å². The maximum Gasteiger partial charge on any atom is 0.491 e. The van der Waals surface area contributed by atoms with E-state index >= 15 is 0 Å². The number of ether oxygens (including phenoxy) is 2. The Hall–Kier alpha value is -4.03. The van der Waals surface area contributed by atoms with Gasteiger partial charge in [-0.15, -0.1) is 0 Å². The van der Waals surface area contributed by atoms with Crippen LogP contribution in [-0.4, -0.2) is 74.3 Å². The van der Waals surface area contributed by atoms with Gasteiger partial charge in [0.05, 0.1) is 37.8 Å². The first-order valence-corrected chi connectivity index (χ1v) is 11.6. The fourth-order valence-corrected chi connectivity index (χ4v) is 3.96. The average molecular weight is 512 g/mol. The van der Waals surface area contributed by atoms with E-state index in [1.54, 1.807) is 23.3 Å². The Morgan fingerprint density at radius 2 is 1.92 bits per heavy atom. The van der Waals surface area contributed by atoms with Crippen LogP contribution in [0.4, 0.5) is 13.2 Å². The third-order valence-corrected chi connectivity index (χ3v) is 5.86. The molecule has 192 valence electrons. The smallest absolute Gasteiger partial charge is 0.428 e. The molecule has 37 heavy (non-hydrogen) atoms. The quantitative estimate of drug-likeness (QED) is 0.377. The number of halogens is 3. The summed E-state index contributed by atoms with van der Waals surface area (Å²) >= 11 is 0. The van der Waals surface area contributed by atoms with Gasteiger partial charge in [-0.3, -0.25) is 14.6 Å². The summed E-state index contributed by atoms with van der Waals surface area (Å²) in [6.07, 6.45) is 0.808. The lowest BCUT2D eigenvalue weighted by molar-refractivity contribution is -0.234. The van der Waals surface area contributed by atoms with Crippen LogP contribution in [0.25, 0.3) is 33.9 Å². The minimum absolute atomic E-state index is 0.0534. The fourth-order valence-electron chi connectivity index (χ4n) is 3.96. The molecular formula is C25H23F3N6O3. The Kier molecular flexibility index (Phi) is 7.01. The van der Waals surface area contributed by atoms with E-state index < -0.39 is 18.4 Å². The molecule has 1 saturated heterocycles. The van der Waals surface area contributed by atoms with Crippen molar-refractivity contribution in [3.8, 4) is 33.9 Å². The van der Waals surface area contributed by atoms with Gasteiger partial charge in [-0.25, -0.2) is 9.78 Å². The monoisotopic (exact) mass is 512 g/mol. The number of alkyl halides is 3. The molecule has 1 atom stereocenters. The molecule has 0 saturated carbocycles. The number of hydrogen-bond donors (Lipinski definition) is 1. The van der Waals surface area contributed by atoms with Crippen molar-refractivity contribution < 1.29 is 27.4 Å². The molecule has 4 aromatic rings. The summed E-state index contributed by atoms with van der Waals surface area (Å²) in [7, 11) is 0. The number of morpholine rings is 1. The van der Waals surface area contributed by atoms with Gasteiger partial charge >= 0.3 is 12.1 Å². The highest BCUT2D eigenvalue weighted by atomic mass is 19.4. The lowest BCUT2D eigenvalue weighted by atomic mass is 10.1. The van der Waals surface area contributed by atoms with Crippen molar-refractivity contribution in [2.24, 2.45) is 0 Å². The number of carbonyl (C=O) groups is 1. The number of pyridine rings is 1. The summed E-state index contributed by atoms with van der Waals surface area (Å²) in [5.41, 5.74) is 4.43. The zero-order chi connectivity index (χ0) is 25.8. The van der Waals surface area contributed by atoms with Crippen LogP contribution in [0.3, 0.4) is 0 Å². The van der Waals surface area contributed by atoms with Gasteiger partial charge in [0.1, 0.15) is 5.69 Å². The van der Waals surface area contributed by atoms with Crippen molar-refractivity contribution in [3.05, 3.63) is 67.3 Å². The number of hydrogen-bond acceptors (Lipinski definition) is 7. The summed E-state index contributed by atoms with van der Waals surface area (Å²) in [4.78, 5) is 25.2. The summed E-state index contributed by atoms with van der Waals surface area (Å²) in [6, 6.07) is 13.7. The topological polar surface area (TPSA) is 98.2 Å². The zero-order valence-electron chi connectivity index (χ0n) is 19.6. The van der Waals surface area contributed by atoms with Crippen LogP contribution in [-0.2, 0) is 20.8 Å². The standard InChI is InChI=1S/C25H23F3N6O3/c26-25(27,28)24(35)37-22-16-33(10-11-36-22)8-9-34-15-19(13-31-34)18-6-7-29-20(12-18)23-30-14-21(32-23)17-4-2-1-3-5-17/h1-7,12-15,22H,8-11,16H2,(H,30,32). The van der Waals surface area contributed by atoms with Crippen molar-refractivity contribution in [2.45, 2.75) is 19.0 Å². The first-order valence-electron chi connectivity index (χ1n) is 11.6. The number of nitrogens with zero attached hydrogens (tertiary/aromatic N) is 5. The average Bonchev–Trinajstić information content (AvgIpc) is 3.58. The van der Waals surface area contributed by atoms with E-state index in [0.717, 1.165) is 22.4 Å². The molecule has 1 aliphatic heterocycles. The summed E-state index contributed by atoms with van der Waals surface area (Å²) in [5, 5.41) is 4.40. The first kappa shape index (κ1) is 24.7. The van der Waals surface area contributed by atoms with Crippen LogP contribution in [0.1, 0.15) is 0 Å². The number of aromatic amines is 1. The molecule has 0 bridgehead atoms. The predicted molar refractivity (Wildman–Crippen MR) is 127 cm³/mol. The number of H-pyrrole nitrogens is 1. The Morgan fingerprint density at radius 3 is 2.73 bits per heavy atom. The lowest BCUT2D eigenvalue weighted by Crippen LogP contribution is -2.46. The van der Waals surface area contributed by atoms with E-state index in [1.165, 1.54) is 0 Å². The van der Waals surface area contributed by atoms with Crippen molar-refractivity contribution in [3.63, 3.8) is 0 Å². The number of benzene rings is 1. The molecule has 0 amide bonds. The van der Waals surface area contributed by atoms with E-state index in [0.29, 0.717) is 31.2 Å². The van der Waals surface area contributed by atoms with Gasteiger partial charge in [0.25, 0.3) is 0 Å². The van der Waals surface area contributed by atoms with Crippen molar-refractivity contribution in [2.75, 3.05) is 26.2 Å². The second-order valence-corrected chi connectivity index (χ2v) is 8.44. The third kappa shape index (κ3) is 6.04. The van der Waals surface area contributed by atoms with Crippen molar-refractivity contribution in [1.29, 1.82) is 0 Å². The minimum atomic E-state index is -5.05. The number of imidazole rings is 1. The highest BCUT2D eigenvalue weighted by Crippen LogP contribution is 2.25. The maximum absolute atomic E-state index is 12.4. The molecule has 0 spiro atoms. The minimum Gasteiger partial charge on any atom is -0.428 e. The summed E-state index contributed by atoms with van der Waals surface area (Å²) in [5.74, 6) is -1.60. The van der Waals surface area contributed by atoms with Gasteiger partial charge in [0, 0.05) is 31.0 Å². The fraction of sp³-hybridized carbons (Fsp3) is 0.280. The van der Waals surface area contributed by atoms with Gasteiger partial charge in [-0.2, -0.15) is 18.3 Å². The molecule has 5 rings (SSSR count). The van der Waals surface area contributed by atoms with Gasteiger partial charge in [-0.05, 0) is 23.3 Å². The SMILES string of the molecule is O=C(OC1CN(CCn2cc(-c3ccnc(-c4ncc(-c5ccccc5)[nH]4)c3)cn2)CCO1)C(F)(F)F. The van der Waals surface area contributed by atoms with Crippen LogP contribution in [0, 0.1) is 0 Å². The second-order valence-electron chi connectivity index (χ2n) is 8.44. The molecule has 1 N–H and O–H groups in total. The van der Waals surface area contributed by atoms with E-state index in [4.69, 9.17) is 4.74 Å². The molecule has 0 aliphatic carbocycles. The van der Waals surface area contributed by atoms with Gasteiger partial charge < -0.3 is 14.5 Å². The van der Waals surface area contributed by atoms with E-state index in [2.05, 4.69) is 24.8 Å². The first-order chi connectivity index (χ1) is 17.8. The van der Waals surface area contributed by atoms with Crippen molar-refractivity contribution >= 4 is 5.97 Å². The molecular weight excluding hydrogens is 489 g/mol. The number of esters is 1. The number of aromatic nitrogens is 5. The number of carbonyl (C=O) groups excluding carboxylic acids is 1. The summed E-state index contributed by atoms with van der Waals surface area (Å²) in [6.45, 7) is 1.73. The molecule has 1 aromatic carbocycles. The van der Waals surface area contributed by atoms with E-state index in [-0.39, 0.29) is 13.2 Å². The molecule has 1 aliphatic rings.